The molecule has 1 aliphatic rings. The summed E-state index contributed by atoms with van der Waals surface area (Å²) in [4.78, 5) is 15.4. The molecule has 6 heteroatoms. The molecule has 106 valence electrons. The van der Waals surface area contributed by atoms with Crippen molar-refractivity contribution in [2.45, 2.75) is 38.7 Å². The molecule has 4 nitrogen and oxygen atoms in total. The minimum absolute atomic E-state index is 0.0659. The number of carboxylic acids is 1. The molecule has 0 spiro atoms. The molecule has 1 aromatic rings. The molecule has 2 N–H and O–H groups in total. The van der Waals surface area contributed by atoms with Gasteiger partial charge in [-0.2, -0.15) is 0 Å². The maximum Gasteiger partial charge on any atom is 0.306 e. The van der Waals surface area contributed by atoms with Crippen LogP contribution in [0.3, 0.4) is 0 Å². The summed E-state index contributed by atoms with van der Waals surface area (Å²) in [6.45, 7) is 3.75. The number of hydrogen-bond acceptors (Lipinski definition) is 4. The fraction of sp³-hybridized carbons (Fsp3) is 0.692. The third-order valence-corrected chi connectivity index (χ3v) is 5.89. The van der Waals surface area contributed by atoms with Crippen LogP contribution in [-0.2, 0) is 10.4 Å². The summed E-state index contributed by atoms with van der Waals surface area (Å²) in [6, 6.07) is 0. The number of aliphatic hydroxyl groups is 1. The Kier molecular flexibility index (Phi) is 4.32. The van der Waals surface area contributed by atoms with E-state index in [4.69, 9.17) is 5.11 Å². The van der Waals surface area contributed by atoms with Crippen LogP contribution < -0.4 is 0 Å². The minimum Gasteiger partial charge on any atom is -0.481 e. The van der Waals surface area contributed by atoms with Crippen molar-refractivity contribution in [1.82, 2.24) is 4.98 Å². The maximum atomic E-state index is 11.1. The highest BCUT2D eigenvalue weighted by atomic mass is 79.9. The van der Waals surface area contributed by atoms with Gasteiger partial charge < -0.3 is 10.2 Å². The highest BCUT2D eigenvalue weighted by Crippen LogP contribution is 2.44. The van der Waals surface area contributed by atoms with Crippen molar-refractivity contribution in [3.63, 3.8) is 0 Å². The first-order chi connectivity index (χ1) is 8.82. The number of carboxylic acid groups (broad SMARTS) is 1. The van der Waals surface area contributed by atoms with Crippen LogP contribution in [0.5, 0.6) is 0 Å². The summed E-state index contributed by atoms with van der Waals surface area (Å²) < 4.78 is 0.898. The van der Waals surface area contributed by atoms with E-state index in [1.807, 2.05) is 6.92 Å². The summed E-state index contributed by atoms with van der Waals surface area (Å²) in [7, 11) is 0. The largest absolute Gasteiger partial charge is 0.481 e. The van der Waals surface area contributed by atoms with Gasteiger partial charge in [0.25, 0.3) is 0 Å². The van der Waals surface area contributed by atoms with E-state index in [-0.39, 0.29) is 17.8 Å². The number of aromatic nitrogens is 1. The first kappa shape index (κ1) is 14.9. The van der Waals surface area contributed by atoms with E-state index in [1.54, 1.807) is 13.1 Å². The monoisotopic (exact) mass is 347 g/mol. The molecule has 1 aromatic heterocycles. The molecule has 1 fully saturated rings. The van der Waals surface area contributed by atoms with Crippen molar-refractivity contribution in [2.24, 2.45) is 17.8 Å². The fourth-order valence-electron chi connectivity index (χ4n) is 2.94. The predicted molar refractivity (Wildman–Crippen MR) is 77.0 cm³/mol. The normalized spacial score (nSPS) is 30.8. The van der Waals surface area contributed by atoms with E-state index in [9.17, 15) is 9.90 Å². The Morgan fingerprint density at radius 2 is 2.26 bits per heavy atom. The number of halogens is 1. The third-order valence-electron chi connectivity index (χ3n) is 4.19. The van der Waals surface area contributed by atoms with Gasteiger partial charge in [-0.05, 0) is 54.0 Å². The van der Waals surface area contributed by atoms with E-state index in [2.05, 4.69) is 20.9 Å². The number of aliphatic carboxylic acids is 1. The third kappa shape index (κ3) is 3.01. The van der Waals surface area contributed by atoms with Crippen molar-refractivity contribution >= 4 is 33.2 Å². The van der Waals surface area contributed by atoms with Crippen LogP contribution in [0.2, 0.25) is 0 Å². The lowest BCUT2D eigenvalue weighted by atomic mass is 9.69. The molecule has 0 aliphatic heterocycles. The van der Waals surface area contributed by atoms with Crippen LogP contribution in [0.15, 0.2) is 9.98 Å². The van der Waals surface area contributed by atoms with Crippen LogP contribution in [0.1, 0.15) is 38.1 Å². The van der Waals surface area contributed by atoms with Crippen LogP contribution in [0.25, 0.3) is 0 Å². The molecule has 0 saturated heterocycles. The zero-order chi connectivity index (χ0) is 14.2. The minimum atomic E-state index is -0.978. The highest BCUT2D eigenvalue weighted by molar-refractivity contribution is 9.11. The molecular formula is C13H18BrNO3S. The average Bonchev–Trinajstić information content (AvgIpc) is 2.76. The molecule has 1 saturated carbocycles. The van der Waals surface area contributed by atoms with E-state index >= 15 is 0 Å². The van der Waals surface area contributed by atoms with Gasteiger partial charge in [-0.3, -0.25) is 4.79 Å². The lowest BCUT2D eigenvalue weighted by Gasteiger charge is -2.39. The number of hydrogen-bond donors (Lipinski definition) is 2. The quantitative estimate of drug-likeness (QED) is 0.880. The molecule has 1 heterocycles. The molecule has 2 rings (SSSR count). The number of nitrogens with zero attached hydrogens (tertiary/aromatic N) is 1. The van der Waals surface area contributed by atoms with Gasteiger partial charge in [0.2, 0.25) is 0 Å². The Labute approximate surface area is 125 Å². The number of carbonyl (C=O) groups is 1. The van der Waals surface area contributed by atoms with Crippen LogP contribution >= 0.6 is 27.3 Å². The zero-order valence-corrected chi connectivity index (χ0v) is 13.4. The molecule has 0 radical (unpaired) electrons. The molecule has 4 atom stereocenters. The van der Waals surface area contributed by atoms with Crippen LogP contribution in [0.4, 0.5) is 0 Å². The van der Waals surface area contributed by atoms with Gasteiger partial charge in [-0.25, -0.2) is 4.98 Å². The predicted octanol–water partition coefficient (Wildman–Crippen LogP) is 3.25. The van der Waals surface area contributed by atoms with Crippen molar-refractivity contribution in [1.29, 1.82) is 0 Å². The Morgan fingerprint density at radius 3 is 2.74 bits per heavy atom. The van der Waals surface area contributed by atoms with Gasteiger partial charge in [0, 0.05) is 0 Å². The Bertz CT molecular complexity index is 474. The van der Waals surface area contributed by atoms with Crippen molar-refractivity contribution < 1.29 is 15.0 Å². The van der Waals surface area contributed by atoms with Crippen molar-refractivity contribution in [3.05, 3.63) is 15.0 Å². The van der Waals surface area contributed by atoms with E-state index in [0.717, 1.165) is 16.6 Å². The molecule has 1 aliphatic carbocycles. The maximum absolute atomic E-state index is 11.1. The molecular weight excluding hydrogens is 330 g/mol. The van der Waals surface area contributed by atoms with Gasteiger partial charge in [-0.1, -0.05) is 6.92 Å². The van der Waals surface area contributed by atoms with Crippen molar-refractivity contribution in [3.8, 4) is 0 Å². The van der Waals surface area contributed by atoms with Crippen molar-refractivity contribution in [2.75, 3.05) is 0 Å². The van der Waals surface area contributed by atoms with Crippen LogP contribution in [-0.4, -0.2) is 21.2 Å². The SMILES string of the molecule is C[C@@H]1C[C@@H](C(C)(O)c2ncc(Br)s2)CC[C@@H]1C(=O)O. The van der Waals surface area contributed by atoms with E-state index in [0.29, 0.717) is 11.4 Å². The van der Waals surface area contributed by atoms with Gasteiger partial charge in [0.05, 0.1) is 15.9 Å². The first-order valence-corrected chi connectivity index (χ1v) is 8.00. The second-order valence-electron chi connectivity index (χ2n) is 5.55. The molecule has 19 heavy (non-hydrogen) atoms. The fourth-order valence-corrected chi connectivity index (χ4v) is 4.27. The zero-order valence-electron chi connectivity index (χ0n) is 11.0. The topological polar surface area (TPSA) is 70.4 Å². The molecule has 0 aromatic carbocycles. The van der Waals surface area contributed by atoms with E-state index in [1.165, 1.54) is 11.3 Å². The summed E-state index contributed by atoms with van der Waals surface area (Å²) in [5, 5.41) is 20.6. The highest BCUT2D eigenvalue weighted by Gasteiger charge is 2.42. The molecule has 1 unspecified atom stereocenters. The first-order valence-electron chi connectivity index (χ1n) is 6.39. The molecule has 0 bridgehead atoms. The van der Waals surface area contributed by atoms with Gasteiger partial charge in [0.1, 0.15) is 10.6 Å². The second-order valence-corrected chi connectivity index (χ2v) is 7.96. The number of thiazole rings is 1. The van der Waals surface area contributed by atoms with Gasteiger partial charge >= 0.3 is 5.97 Å². The Morgan fingerprint density at radius 1 is 1.58 bits per heavy atom. The Balaban J connectivity index is 2.13. The molecule has 0 amide bonds. The smallest absolute Gasteiger partial charge is 0.306 e. The summed E-state index contributed by atoms with van der Waals surface area (Å²) in [5.74, 6) is -0.847. The second kappa shape index (κ2) is 5.50. The Hall–Kier alpha value is -0.460. The average molecular weight is 348 g/mol. The lowest BCUT2D eigenvalue weighted by Crippen LogP contribution is -2.39. The summed E-state index contributed by atoms with van der Waals surface area (Å²) >= 11 is 4.79. The standard InChI is InChI=1S/C13H18BrNO3S/c1-7-5-8(3-4-9(7)11(16)17)13(2,18)12-15-6-10(14)19-12/h6-9,18H,3-5H2,1-2H3,(H,16,17)/t7-,8+,9+,13?/m1/s1. The van der Waals surface area contributed by atoms with E-state index < -0.39 is 11.6 Å². The number of rotatable bonds is 3. The summed E-state index contributed by atoms with van der Waals surface area (Å²) in [6.07, 6.45) is 3.78. The van der Waals surface area contributed by atoms with Gasteiger partial charge in [-0.15, -0.1) is 11.3 Å². The summed E-state index contributed by atoms with van der Waals surface area (Å²) in [5.41, 5.74) is -0.978. The van der Waals surface area contributed by atoms with Gasteiger partial charge in [0.15, 0.2) is 0 Å². The van der Waals surface area contributed by atoms with Crippen LogP contribution in [0, 0.1) is 17.8 Å². The lowest BCUT2D eigenvalue weighted by molar-refractivity contribution is -0.146.